The number of pyridine rings is 2. The Labute approximate surface area is 170 Å². The summed E-state index contributed by atoms with van der Waals surface area (Å²) in [5, 5.41) is 1.04. The van der Waals surface area contributed by atoms with Gasteiger partial charge in [-0.25, -0.2) is 0 Å². The topological polar surface area (TPSA) is 66.1 Å². The maximum atomic E-state index is 13.3. The molecule has 0 spiro atoms. The Kier molecular flexibility index (Phi) is 5.47. The highest BCUT2D eigenvalue weighted by atomic mass is 16.2. The molecule has 0 saturated heterocycles. The van der Waals surface area contributed by atoms with Gasteiger partial charge in [0.05, 0.1) is 12.1 Å². The van der Waals surface area contributed by atoms with Crippen LogP contribution in [0.3, 0.4) is 0 Å². The third kappa shape index (κ3) is 3.95. The Hall–Kier alpha value is -2.95. The molecule has 2 aromatic heterocycles. The maximum Gasteiger partial charge on any atom is 0.254 e. The van der Waals surface area contributed by atoms with Gasteiger partial charge in [0.25, 0.3) is 11.5 Å². The van der Waals surface area contributed by atoms with E-state index >= 15 is 0 Å². The maximum absolute atomic E-state index is 13.3. The number of carbonyl (C=O) groups excluding carboxylic acids is 1. The minimum atomic E-state index is -0.116. The molecule has 0 unspecified atom stereocenters. The Balaban J connectivity index is 1.74. The molecule has 1 aliphatic rings. The molecule has 1 fully saturated rings. The summed E-state index contributed by atoms with van der Waals surface area (Å²) in [7, 11) is 0. The average molecular weight is 389 g/mol. The van der Waals surface area contributed by atoms with Gasteiger partial charge in [0.1, 0.15) is 0 Å². The molecule has 5 nitrogen and oxygen atoms in total. The summed E-state index contributed by atoms with van der Waals surface area (Å²) in [5.41, 5.74) is 4.19. The van der Waals surface area contributed by atoms with Gasteiger partial charge in [-0.2, -0.15) is 0 Å². The lowest BCUT2D eigenvalue weighted by atomic mass is 9.93. The van der Waals surface area contributed by atoms with E-state index < -0.39 is 0 Å². The van der Waals surface area contributed by atoms with Crippen molar-refractivity contribution in [3.05, 3.63) is 75.3 Å². The monoisotopic (exact) mass is 389 g/mol. The molecule has 4 rings (SSSR count). The number of nitrogens with one attached hydrogen (secondary N) is 1. The zero-order valence-corrected chi connectivity index (χ0v) is 17.1. The Bertz CT molecular complexity index is 1080. The van der Waals surface area contributed by atoms with E-state index in [1.165, 1.54) is 6.42 Å². The van der Waals surface area contributed by atoms with E-state index in [2.05, 4.69) is 16.0 Å². The lowest BCUT2D eigenvalue weighted by molar-refractivity contribution is 0.0613. The molecule has 1 aromatic carbocycles. The summed E-state index contributed by atoms with van der Waals surface area (Å²) in [4.78, 5) is 35.2. The summed E-state index contributed by atoms with van der Waals surface area (Å²) in [6.45, 7) is 4.37. The lowest BCUT2D eigenvalue weighted by Gasteiger charge is -2.34. The molecule has 0 radical (unpaired) electrons. The smallest absolute Gasteiger partial charge is 0.254 e. The van der Waals surface area contributed by atoms with Crippen LogP contribution in [0.15, 0.2) is 47.5 Å². The molecule has 1 aliphatic carbocycles. The molecular weight excluding hydrogens is 362 g/mol. The van der Waals surface area contributed by atoms with E-state index in [1.807, 2.05) is 30.9 Å². The van der Waals surface area contributed by atoms with Crippen molar-refractivity contribution in [3.63, 3.8) is 0 Å². The van der Waals surface area contributed by atoms with E-state index in [0.717, 1.165) is 47.7 Å². The number of hydrogen-bond donors (Lipinski definition) is 1. The molecule has 1 saturated carbocycles. The van der Waals surface area contributed by atoms with Crippen LogP contribution in [0, 0.1) is 13.8 Å². The molecule has 0 aliphatic heterocycles. The van der Waals surface area contributed by atoms with E-state index in [-0.39, 0.29) is 17.5 Å². The summed E-state index contributed by atoms with van der Waals surface area (Å²) in [5.74, 6) is -0.0280. The van der Waals surface area contributed by atoms with Crippen LogP contribution in [0.25, 0.3) is 10.9 Å². The van der Waals surface area contributed by atoms with Crippen molar-refractivity contribution in [2.45, 2.75) is 58.5 Å². The number of aromatic nitrogens is 2. The first-order valence-electron chi connectivity index (χ1n) is 10.4. The molecule has 150 valence electrons. The minimum Gasteiger partial charge on any atom is -0.331 e. The van der Waals surface area contributed by atoms with Crippen LogP contribution in [-0.4, -0.2) is 26.8 Å². The van der Waals surface area contributed by atoms with Crippen LogP contribution >= 0.6 is 0 Å². The van der Waals surface area contributed by atoms with Gasteiger partial charge < -0.3 is 9.88 Å². The second-order valence-electron chi connectivity index (χ2n) is 8.07. The molecule has 1 N–H and O–H groups in total. The van der Waals surface area contributed by atoms with Gasteiger partial charge in [-0.3, -0.25) is 14.6 Å². The number of nitrogens with zero attached hydrogens (tertiary/aromatic N) is 2. The first-order valence-corrected chi connectivity index (χ1v) is 10.4. The van der Waals surface area contributed by atoms with Crippen LogP contribution < -0.4 is 5.56 Å². The third-order valence-corrected chi connectivity index (χ3v) is 6.06. The number of carbonyl (C=O) groups is 1. The van der Waals surface area contributed by atoms with Gasteiger partial charge >= 0.3 is 0 Å². The zero-order chi connectivity index (χ0) is 20.4. The first-order chi connectivity index (χ1) is 14.0. The van der Waals surface area contributed by atoms with Crippen molar-refractivity contribution in [2.75, 3.05) is 0 Å². The first kappa shape index (κ1) is 19.4. The van der Waals surface area contributed by atoms with Crippen LogP contribution in [0.4, 0.5) is 0 Å². The van der Waals surface area contributed by atoms with Gasteiger partial charge in [0.15, 0.2) is 0 Å². The highest BCUT2D eigenvalue weighted by Gasteiger charge is 2.27. The Morgan fingerprint density at radius 2 is 1.76 bits per heavy atom. The van der Waals surface area contributed by atoms with E-state index in [4.69, 9.17) is 0 Å². The molecule has 2 heterocycles. The fraction of sp³-hybridized carbons (Fsp3) is 0.375. The normalized spacial score (nSPS) is 14.8. The SMILES string of the molecule is Cc1ccc(C)c2[nH]c(=O)c(CN(C(=O)c3ccncc3)C3CCCCC3)cc12. The number of aromatic amines is 1. The number of hydrogen-bond acceptors (Lipinski definition) is 3. The summed E-state index contributed by atoms with van der Waals surface area (Å²) in [6, 6.07) is 9.71. The standard InChI is InChI=1S/C24H27N3O2/c1-16-8-9-17(2)22-21(16)14-19(23(28)26-22)15-27(20-6-4-3-5-7-20)24(29)18-10-12-25-13-11-18/h8-14,20H,3-7,15H2,1-2H3,(H,26,28). The molecule has 5 heteroatoms. The fourth-order valence-electron chi connectivity index (χ4n) is 4.34. The minimum absolute atomic E-state index is 0.0280. The Morgan fingerprint density at radius 1 is 1.07 bits per heavy atom. The number of H-pyrrole nitrogens is 1. The number of benzene rings is 1. The molecular formula is C24H27N3O2. The lowest BCUT2D eigenvalue weighted by Crippen LogP contribution is -2.42. The summed E-state index contributed by atoms with van der Waals surface area (Å²) in [6.07, 6.45) is 8.71. The van der Waals surface area contributed by atoms with Crippen molar-refractivity contribution >= 4 is 16.8 Å². The quantitative estimate of drug-likeness (QED) is 0.714. The van der Waals surface area contributed by atoms with Crippen molar-refractivity contribution in [2.24, 2.45) is 0 Å². The van der Waals surface area contributed by atoms with Gasteiger partial charge in [-0.1, -0.05) is 31.4 Å². The molecule has 29 heavy (non-hydrogen) atoms. The van der Waals surface area contributed by atoms with Gasteiger partial charge in [0, 0.05) is 34.9 Å². The van der Waals surface area contributed by atoms with Gasteiger partial charge in [-0.15, -0.1) is 0 Å². The second kappa shape index (κ2) is 8.19. The second-order valence-corrected chi connectivity index (χ2v) is 8.07. The molecule has 0 atom stereocenters. The van der Waals surface area contributed by atoms with Crippen molar-refractivity contribution in [3.8, 4) is 0 Å². The third-order valence-electron chi connectivity index (χ3n) is 6.06. The van der Waals surface area contributed by atoms with Crippen LogP contribution in [0.5, 0.6) is 0 Å². The van der Waals surface area contributed by atoms with Crippen molar-refractivity contribution in [1.82, 2.24) is 14.9 Å². The average Bonchev–Trinajstić information content (AvgIpc) is 2.76. The van der Waals surface area contributed by atoms with E-state index in [1.54, 1.807) is 24.5 Å². The molecule has 1 amide bonds. The predicted octanol–water partition coefficient (Wildman–Crippen LogP) is 4.52. The fourth-order valence-corrected chi connectivity index (χ4v) is 4.34. The molecule has 0 bridgehead atoms. The van der Waals surface area contributed by atoms with Crippen LogP contribution in [-0.2, 0) is 6.54 Å². The van der Waals surface area contributed by atoms with Crippen molar-refractivity contribution < 1.29 is 4.79 Å². The van der Waals surface area contributed by atoms with Gasteiger partial charge in [0.2, 0.25) is 0 Å². The van der Waals surface area contributed by atoms with E-state index in [9.17, 15) is 9.59 Å². The highest BCUT2D eigenvalue weighted by molar-refractivity contribution is 5.94. The predicted molar refractivity (Wildman–Crippen MR) is 115 cm³/mol. The number of rotatable bonds is 4. The van der Waals surface area contributed by atoms with Crippen LogP contribution in [0.1, 0.15) is 59.2 Å². The zero-order valence-electron chi connectivity index (χ0n) is 17.1. The number of fused-ring (bicyclic) bond motifs is 1. The largest absolute Gasteiger partial charge is 0.331 e. The van der Waals surface area contributed by atoms with Gasteiger partial charge in [-0.05, 0) is 56.0 Å². The summed E-state index contributed by atoms with van der Waals surface area (Å²) < 4.78 is 0. The van der Waals surface area contributed by atoms with Crippen LogP contribution in [0.2, 0.25) is 0 Å². The number of amides is 1. The molecule has 3 aromatic rings. The Morgan fingerprint density at radius 3 is 2.48 bits per heavy atom. The van der Waals surface area contributed by atoms with Crippen molar-refractivity contribution in [1.29, 1.82) is 0 Å². The summed E-state index contributed by atoms with van der Waals surface area (Å²) >= 11 is 0. The number of aryl methyl sites for hydroxylation is 2. The van der Waals surface area contributed by atoms with E-state index in [0.29, 0.717) is 17.7 Å². The highest BCUT2D eigenvalue weighted by Crippen LogP contribution is 2.26.